The van der Waals surface area contributed by atoms with Gasteiger partial charge in [0.05, 0.1) is 6.61 Å². The maximum atomic E-state index is 12.8. The Kier molecular flexibility index (Phi) is 12.9. The zero-order chi connectivity index (χ0) is 18.2. The first-order valence-corrected chi connectivity index (χ1v) is 10.1. The molecule has 1 aromatic heterocycles. The van der Waals surface area contributed by atoms with Gasteiger partial charge in [-0.15, -0.1) is 0 Å². The van der Waals surface area contributed by atoms with Gasteiger partial charge in [0, 0.05) is 6.20 Å². The molecule has 0 aromatic carbocycles. The number of ether oxygens (including phenoxy) is 1. The van der Waals surface area contributed by atoms with Crippen LogP contribution in [0.15, 0.2) is 11.0 Å². The molecule has 1 rings (SSSR count). The standard InChI is InChI=1S/C20H35FN2O2/c1-2-3-4-5-6-7-8-9-10-11-12-13-14-15-16-25-20-22-17-18(21)19(24)23-20/h17H,2-16H2,1H3,(H,22,23,24). The van der Waals surface area contributed by atoms with E-state index >= 15 is 0 Å². The van der Waals surface area contributed by atoms with Gasteiger partial charge in [-0.1, -0.05) is 90.4 Å². The average molecular weight is 355 g/mol. The number of halogens is 1. The van der Waals surface area contributed by atoms with Crippen molar-refractivity contribution >= 4 is 0 Å². The lowest BCUT2D eigenvalue weighted by Crippen LogP contribution is -2.13. The lowest BCUT2D eigenvalue weighted by Gasteiger charge is -2.05. The molecule has 144 valence electrons. The molecule has 1 heterocycles. The molecule has 0 fully saturated rings. The van der Waals surface area contributed by atoms with Gasteiger partial charge in [-0.25, -0.2) is 0 Å². The highest BCUT2D eigenvalue weighted by Gasteiger charge is 2.02. The molecule has 0 aliphatic heterocycles. The number of nitrogens with one attached hydrogen (secondary N) is 1. The molecule has 1 aromatic rings. The zero-order valence-corrected chi connectivity index (χ0v) is 15.8. The Labute approximate surface area is 151 Å². The molecule has 25 heavy (non-hydrogen) atoms. The van der Waals surface area contributed by atoms with E-state index in [1.165, 1.54) is 77.0 Å². The summed E-state index contributed by atoms with van der Waals surface area (Å²) >= 11 is 0. The molecule has 0 bridgehead atoms. The SMILES string of the molecule is CCCCCCCCCCCCCCCCOc1nc(=O)c(F)c[nH]1. The molecule has 0 aliphatic rings. The first-order chi connectivity index (χ1) is 12.2. The Morgan fingerprint density at radius 1 is 0.880 bits per heavy atom. The van der Waals surface area contributed by atoms with E-state index in [0.717, 1.165) is 19.0 Å². The monoisotopic (exact) mass is 354 g/mol. The van der Waals surface area contributed by atoms with Crippen molar-refractivity contribution in [1.29, 1.82) is 0 Å². The van der Waals surface area contributed by atoms with Crippen LogP contribution in [0.3, 0.4) is 0 Å². The molecule has 1 N–H and O–H groups in total. The number of nitrogens with zero attached hydrogens (tertiary/aromatic N) is 1. The summed E-state index contributed by atoms with van der Waals surface area (Å²) in [5, 5.41) is 0. The third-order valence-electron chi connectivity index (χ3n) is 4.47. The molecule has 0 saturated heterocycles. The molecule has 0 atom stereocenters. The lowest BCUT2D eigenvalue weighted by molar-refractivity contribution is 0.278. The summed E-state index contributed by atoms with van der Waals surface area (Å²) in [6.07, 6.45) is 19.3. The quantitative estimate of drug-likeness (QED) is 0.383. The normalized spacial score (nSPS) is 11.0. The van der Waals surface area contributed by atoms with Crippen LogP contribution in [0, 0.1) is 5.82 Å². The summed E-state index contributed by atoms with van der Waals surface area (Å²) in [4.78, 5) is 17.0. The first-order valence-electron chi connectivity index (χ1n) is 10.1. The van der Waals surface area contributed by atoms with E-state index in [-0.39, 0.29) is 6.01 Å². The van der Waals surface area contributed by atoms with Crippen molar-refractivity contribution in [3.63, 3.8) is 0 Å². The molecule has 0 amide bonds. The van der Waals surface area contributed by atoms with E-state index in [9.17, 15) is 9.18 Å². The van der Waals surface area contributed by atoms with Crippen LogP contribution in [-0.4, -0.2) is 16.6 Å². The molecule has 0 aliphatic carbocycles. The van der Waals surface area contributed by atoms with E-state index in [0.29, 0.717) is 6.61 Å². The smallest absolute Gasteiger partial charge is 0.311 e. The number of rotatable bonds is 16. The van der Waals surface area contributed by atoms with Crippen molar-refractivity contribution in [3.8, 4) is 6.01 Å². The van der Waals surface area contributed by atoms with Gasteiger partial charge in [-0.05, 0) is 6.42 Å². The second-order valence-corrected chi connectivity index (χ2v) is 6.80. The highest BCUT2D eigenvalue weighted by atomic mass is 19.1. The van der Waals surface area contributed by atoms with E-state index in [1.54, 1.807) is 0 Å². The van der Waals surface area contributed by atoms with E-state index in [1.807, 2.05) is 0 Å². The number of aromatic nitrogens is 2. The minimum atomic E-state index is -0.885. The van der Waals surface area contributed by atoms with Crippen molar-refractivity contribution < 1.29 is 9.13 Å². The Bertz CT molecular complexity index is 491. The van der Waals surface area contributed by atoms with Gasteiger partial charge in [0.15, 0.2) is 0 Å². The van der Waals surface area contributed by atoms with E-state index in [2.05, 4.69) is 16.9 Å². The Morgan fingerprint density at radius 3 is 1.84 bits per heavy atom. The van der Waals surface area contributed by atoms with Crippen LogP contribution < -0.4 is 10.3 Å². The summed E-state index contributed by atoms with van der Waals surface area (Å²) < 4.78 is 18.1. The maximum Gasteiger partial charge on any atom is 0.311 e. The van der Waals surface area contributed by atoms with Crippen molar-refractivity contribution in [2.45, 2.75) is 96.8 Å². The molecule has 5 heteroatoms. The van der Waals surface area contributed by atoms with Crippen molar-refractivity contribution in [2.75, 3.05) is 6.61 Å². The molecular weight excluding hydrogens is 319 g/mol. The van der Waals surface area contributed by atoms with Crippen molar-refractivity contribution in [1.82, 2.24) is 9.97 Å². The van der Waals surface area contributed by atoms with E-state index < -0.39 is 11.4 Å². The highest BCUT2D eigenvalue weighted by Crippen LogP contribution is 2.13. The fourth-order valence-corrected chi connectivity index (χ4v) is 2.90. The number of hydrogen-bond acceptors (Lipinski definition) is 3. The van der Waals surface area contributed by atoms with Crippen molar-refractivity contribution in [3.05, 3.63) is 22.4 Å². The lowest BCUT2D eigenvalue weighted by atomic mass is 10.0. The number of unbranched alkanes of at least 4 members (excludes halogenated alkanes) is 13. The van der Waals surface area contributed by atoms with Crippen LogP contribution in [0.4, 0.5) is 4.39 Å². The fraction of sp³-hybridized carbons (Fsp3) is 0.800. The average Bonchev–Trinajstić information content (AvgIpc) is 2.61. The summed E-state index contributed by atoms with van der Waals surface area (Å²) in [6.45, 7) is 2.77. The van der Waals surface area contributed by atoms with Gasteiger partial charge in [-0.2, -0.15) is 9.37 Å². The summed E-state index contributed by atoms with van der Waals surface area (Å²) in [5.74, 6) is -0.885. The Balaban J connectivity index is 1.81. The number of H-pyrrole nitrogens is 1. The Morgan fingerprint density at radius 2 is 1.36 bits per heavy atom. The second kappa shape index (κ2) is 14.9. The molecular formula is C20H35FN2O2. The van der Waals surface area contributed by atoms with Crippen molar-refractivity contribution in [2.24, 2.45) is 0 Å². The van der Waals surface area contributed by atoms with Crippen LogP contribution in [0.1, 0.15) is 96.8 Å². The van der Waals surface area contributed by atoms with E-state index in [4.69, 9.17) is 4.74 Å². The van der Waals surface area contributed by atoms with Gasteiger partial charge in [0.25, 0.3) is 6.01 Å². The minimum Gasteiger partial charge on any atom is -0.465 e. The highest BCUT2D eigenvalue weighted by molar-refractivity contribution is 4.96. The summed E-state index contributed by atoms with van der Waals surface area (Å²) in [6, 6.07) is 0.0982. The van der Waals surface area contributed by atoms with Gasteiger partial charge >= 0.3 is 5.56 Å². The maximum absolute atomic E-state index is 12.8. The van der Waals surface area contributed by atoms with Crippen LogP contribution in [0.25, 0.3) is 0 Å². The topological polar surface area (TPSA) is 55.0 Å². The third kappa shape index (κ3) is 11.7. The van der Waals surface area contributed by atoms with Gasteiger partial charge in [0.1, 0.15) is 0 Å². The van der Waals surface area contributed by atoms with Gasteiger partial charge in [-0.3, -0.25) is 4.79 Å². The molecule has 0 unspecified atom stereocenters. The zero-order valence-electron chi connectivity index (χ0n) is 15.8. The second-order valence-electron chi connectivity index (χ2n) is 6.80. The minimum absolute atomic E-state index is 0.0982. The first kappa shape index (κ1) is 21.7. The summed E-state index contributed by atoms with van der Waals surface area (Å²) in [5.41, 5.74) is -0.880. The Hall–Kier alpha value is -1.39. The van der Waals surface area contributed by atoms with Crippen LogP contribution in [0.2, 0.25) is 0 Å². The molecule has 0 radical (unpaired) electrons. The summed E-state index contributed by atoms with van der Waals surface area (Å²) in [7, 11) is 0. The number of aromatic amines is 1. The van der Waals surface area contributed by atoms with Gasteiger partial charge in [0.2, 0.25) is 5.82 Å². The van der Waals surface area contributed by atoms with Crippen LogP contribution in [0.5, 0.6) is 6.01 Å². The largest absolute Gasteiger partial charge is 0.465 e. The third-order valence-corrected chi connectivity index (χ3v) is 4.47. The molecule has 0 spiro atoms. The fourth-order valence-electron chi connectivity index (χ4n) is 2.90. The predicted molar refractivity (Wildman–Crippen MR) is 101 cm³/mol. The predicted octanol–water partition coefficient (Wildman–Crippen LogP) is 5.77. The molecule has 4 nitrogen and oxygen atoms in total. The van der Waals surface area contributed by atoms with Crippen LogP contribution in [-0.2, 0) is 0 Å². The molecule has 0 saturated carbocycles. The van der Waals surface area contributed by atoms with Gasteiger partial charge < -0.3 is 9.72 Å². The number of hydrogen-bond donors (Lipinski definition) is 1. The van der Waals surface area contributed by atoms with Crippen LogP contribution >= 0.6 is 0 Å².